The summed E-state index contributed by atoms with van der Waals surface area (Å²) in [7, 11) is -2.99. The molecule has 0 N–H and O–H groups in total. The van der Waals surface area contributed by atoms with E-state index in [-0.39, 0.29) is 27.6 Å². The highest BCUT2D eigenvalue weighted by Gasteiger charge is 2.48. The first-order chi connectivity index (χ1) is 12.8. The molecule has 27 heavy (non-hydrogen) atoms. The van der Waals surface area contributed by atoms with Gasteiger partial charge in [0, 0.05) is 16.9 Å². The van der Waals surface area contributed by atoms with E-state index in [1.54, 1.807) is 0 Å². The van der Waals surface area contributed by atoms with Crippen LogP contribution in [0.5, 0.6) is 0 Å². The zero-order valence-electron chi connectivity index (χ0n) is 15.7. The van der Waals surface area contributed by atoms with E-state index in [2.05, 4.69) is 50.2 Å². The van der Waals surface area contributed by atoms with E-state index in [0.717, 1.165) is 18.4 Å². The van der Waals surface area contributed by atoms with Crippen LogP contribution in [-0.4, -0.2) is 24.7 Å². The second-order valence-corrected chi connectivity index (χ2v) is 11.4. The van der Waals surface area contributed by atoms with E-state index in [1.165, 1.54) is 22.3 Å². The molecule has 2 atom stereocenters. The highest BCUT2D eigenvalue weighted by Crippen LogP contribution is 2.49. The first-order valence-electron chi connectivity index (χ1n) is 9.81. The quantitative estimate of drug-likeness (QED) is 0.719. The molecule has 4 heteroatoms. The minimum absolute atomic E-state index is 0.122. The van der Waals surface area contributed by atoms with Gasteiger partial charge < -0.3 is 0 Å². The molecule has 0 radical (unpaired) electrons. The molecule has 0 saturated carbocycles. The van der Waals surface area contributed by atoms with Crippen molar-refractivity contribution in [3.05, 3.63) is 59.2 Å². The molecule has 2 aromatic rings. The highest BCUT2D eigenvalue weighted by molar-refractivity contribution is 7.93. The predicted molar refractivity (Wildman–Crippen MR) is 107 cm³/mol. The number of hydrogen-bond donors (Lipinski definition) is 0. The Kier molecular flexibility index (Phi) is 3.52. The summed E-state index contributed by atoms with van der Waals surface area (Å²) in [4.78, 5) is 13.2. The number of carbonyl (C=O) groups is 1. The molecule has 3 aliphatic rings. The van der Waals surface area contributed by atoms with Crippen LogP contribution in [0.15, 0.2) is 42.5 Å². The topological polar surface area (TPSA) is 51.2 Å². The molecule has 2 heterocycles. The fourth-order valence-corrected chi connectivity index (χ4v) is 7.99. The molecule has 2 aliphatic heterocycles. The Labute approximate surface area is 160 Å². The van der Waals surface area contributed by atoms with Crippen molar-refractivity contribution < 1.29 is 13.2 Å². The number of sulfone groups is 1. The smallest absolute Gasteiger partial charge is 0.166 e. The van der Waals surface area contributed by atoms with Crippen LogP contribution in [0.1, 0.15) is 61.0 Å². The third-order valence-electron chi connectivity index (χ3n) is 7.07. The predicted octanol–water partition coefficient (Wildman–Crippen LogP) is 4.53. The van der Waals surface area contributed by atoms with Gasteiger partial charge in [0.2, 0.25) is 0 Å². The van der Waals surface area contributed by atoms with Gasteiger partial charge in [-0.15, -0.1) is 0 Å². The minimum atomic E-state index is -2.99. The summed E-state index contributed by atoms with van der Waals surface area (Å²) in [5.41, 5.74) is 5.55. The second-order valence-electron chi connectivity index (χ2n) is 8.87. The average molecular weight is 381 g/mol. The van der Waals surface area contributed by atoms with Crippen molar-refractivity contribution >= 4 is 15.6 Å². The Hall–Kier alpha value is -1.94. The largest absolute Gasteiger partial charge is 0.294 e. The number of hydrogen-bond acceptors (Lipinski definition) is 3. The molecule has 2 saturated heterocycles. The first-order valence-corrected chi connectivity index (χ1v) is 11.4. The maximum Gasteiger partial charge on any atom is 0.166 e. The molecule has 0 aromatic heterocycles. The average Bonchev–Trinajstić information content (AvgIpc) is 2.94. The van der Waals surface area contributed by atoms with E-state index in [9.17, 15) is 13.2 Å². The Morgan fingerprint density at radius 3 is 2.26 bits per heavy atom. The lowest BCUT2D eigenvalue weighted by Crippen LogP contribution is -2.36. The van der Waals surface area contributed by atoms with Crippen LogP contribution in [0.25, 0.3) is 11.1 Å². The molecule has 0 spiro atoms. The van der Waals surface area contributed by atoms with E-state index < -0.39 is 9.84 Å². The van der Waals surface area contributed by atoms with Crippen molar-refractivity contribution in [3.63, 3.8) is 0 Å². The van der Waals surface area contributed by atoms with Gasteiger partial charge in [-0.1, -0.05) is 50.2 Å². The van der Waals surface area contributed by atoms with Gasteiger partial charge in [-0.3, -0.25) is 4.79 Å². The Balaban J connectivity index is 1.50. The molecule has 3 nitrogen and oxygen atoms in total. The normalized spacial score (nSPS) is 29.2. The third kappa shape index (κ3) is 2.32. The molecule has 1 aliphatic carbocycles. The van der Waals surface area contributed by atoms with Crippen LogP contribution in [0, 0.1) is 5.92 Å². The van der Waals surface area contributed by atoms with Gasteiger partial charge in [0.1, 0.15) is 0 Å². The van der Waals surface area contributed by atoms with Crippen LogP contribution in [0.4, 0.5) is 0 Å². The van der Waals surface area contributed by atoms with Crippen LogP contribution in [0.3, 0.4) is 0 Å². The minimum Gasteiger partial charge on any atom is -0.294 e. The zero-order chi connectivity index (χ0) is 19.0. The Bertz CT molecular complexity index is 1040. The van der Waals surface area contributed by atoms with Crippen LogP contribution >= 0.6 is 0 Å². The number of carbonyl (C=O) groups excluding carboxylic acids is 1. The maximum absolute atomic E-state index is 13.2. The molecule has 0 amide bonds. The van der Waals surface area contributed by atoms with Gasteiger partial charge >= 0.3 is 0 Å². The summed E-state index contributed by atoms with van der Waals surface area (Å²) in [6.07, 6.45) is 2.45. The van der Waals surface area contributed by atoms with Crippen LogP contribution < -0.4 is 0 Å². The number of fused-ring (bicyclic) bond motifs is 5. The number of Topliss-reactive ketones (excluding diaryl/α,β-unsaturated/α-hetero) is 1. The molecule has 2 unspecified atom stereocenters. The van der Waals surface area contributed by atoms with Crippen molar-refractivity contribution in [1.82, 2.24) is 0 Å². The SMILES string of the molecule is CC1(C)c2ccccc2-c2ccc(C(=O)C3CC4CCC(C3)S4(=O)=O)cc21. The lowest BCUT2D eigenvalue weighted by Gasteiger charge is -2.27. The first kappa shape index (κ1) is 17.2. The van der Waals surface area contributed by atoms with Gasteiger partial charge in [0.05, 0.1) is 10.5 Å². The fraction of sp³-hybridized carbons (Fsp3) is 0.435. The number of benzene rings is 2. The molecular weight excluding hydrogens is 356 g/mol. The monoisotopic (exact) mass is 380 g/mol. The summed E-state index contributed by atoms with van der Waals surface area (Å²) in [5, 5.41) is -0.611. The molecular formula is C23H24O3S. The van der Waals surface area contributed by atoms with Crippen molar-refractivity contribution in [2.24, 2.45) is 5.92 Å². The second kappa shape index (κ2) is 5.54. The Morgan fingerprint density at radius 2 is 1.56 bits per heavy atom. The van der Waals surface area contributed by atoms with Crippen molar-refractivity contribution in [3.8, 4) is 11.1 Å². The molecule has 2 bridgehead atoms. The fourth-order valence-electron chi connectivity index (χ4n) is 5.51. The van der Waals surface area contributed by atoms with E-state index in [0.29, 0.717) is 12.8 Å². The summed E-state index contributed by atoms with van der Waals surface area (Å²) >= 11 is 0. The standard InChI is InChI=1S/C23H24O3S/c1-23(2)20-6-4-3-5-18(20)19-10-7-14(13-21(19)23)22(24)15-11-16-8-9-17(12-15)27(16,25)26/h3-7,10,13,15-17H,8-9,11-12H2,1-2H3. The summed E-state index contributed by atoms with van der Waals surface area (Å²) in [6.45, 7) is 4.42. The summed E-state index contributed by atoms with van der Waals surface area (Å²) < 4.78 is 24.7. The number of rotatable bonds is 2. The van der Waals surface area contributed by atoms with Crippen LogP contribution in [0.2, 0.25) is 0 Å². The van der Waals surface area contributed by atoms with Crippen molar-refractivity contribution in [1.29, 1.82) is 0 Å². The lowest BCUT2D eigenvalue weighted by atomic mass is 9.81. The van der Waals surface area contributed by atoms with Gasteiger partial charge in [-0.25, -0.2) is 8.42 Å². The van der Waals surface area contributed by atoms with Crippen LogP contribution in [-0.2, 0) is 15.3 Å². The molecule has 5 rings (SSSR count). The summed E-state index contributed by atoms with van der Waals surface area (Å²) in [5.74, 6) is -0.0349. The van der Waals surface area contributed by atoms with Crippen molar-refractivity contribution in [2.45, 2.75) is 55.4 Å². The molecule has 2 aromatic carbocycles. The highest BCUT2D eigenvalue weighted by atomic mass is 32.2. The van der Waals surface area contributed by atoms with E-state index in [1.807, 2.05) is 6.07 Å². The maximum atomic E-state index is 13.2. The van der Waals surface area contributed by atoms with Gasteiger partial charge in [0.15, 0.2) is 15.6 Å². The lowest BCUT2D eigenvalue weighted by molar-refractivity contribution is 0.0905. The summed E-state index contributed by atoms with van der Waals surface area (Å²) in [6, 6.07) is 14.5. The van der Waals surface area contributed by atoms with Crippen molar-refractivity contribution in [2.75, 3.05) is 0 Å². The van der Waals surface area contributed by atoms with E-state index >= 15 is 0 Å². The zero-order valence-corrected chi connectivity index (χ0v) is 16.6. The Morgan fingerprint density at radius 1 is 0.926 bits per heavy atom. The van der Waals surface area contributed by atoms with Gasteiger partial charge in [-0.05, 0) is 54.0 Å². The molecule has 2 fully saturated rings. The van der Waals surface area contributed by atoms with E-state index in [4.69, 9.17) is 0 Å². The molecule has 140 valence electrons. The van der Waals surface area contributed by atoms with Gasteiger partial charge in [0.25, 0.3) is 0 Å². The van der Waals surface area contributed by atoms with Gasteiger partial charge in [-0.2, -0.15) is 0 Å². The number of ketones is 1. The third-order valence-corrected chi connectivity index (χ3v) is 9.79.